The van der Waals surface area contributed by atoms with Crippen molar-refractivity contribution in [2.45, 2.75) is 38.1 Å². The van der Waals surface area contributed by atoms with Crippen molar-refractivity contribution in [3.63, 3.8) is 0 Å². The molecule has 1 aromatic rings. The molecule has 3 rings (SSSR count). The molecule has 2 heteroatoms. The van der Waals surface area contributed by atoms with Crippen molar-refractivity contribution in [3.8, 4) is 5.75 Å². The lowest BCUT2D eigenvalue weighted by atomic mass is 10.0. The summed E-state index contributed by atoms with van der Waals surface area (Å²) < 4.78 is 5.73. The number of ether oxygens (including phenoxy) is 1. The smallest absolute Gasteiger partial charge is 0.124 e. The van der Waals surface area contributed by atoms with Crippen LogP contribution in [0, 0.1) is 11.8 Å². The van der Waals surface area contributed by atoms with Crippen LogP contribution in [-0.4, -0.2) is 6.61 Å². The Morgan fingerprint density at radius 2 is 1.88 bits per heavy atom. The molecule has 0 spiro atoms. The number of para-hydroxylation sites is 1. The molecule has 0 bridgehead atoms. The number of nitrogens with two attached hydrogens (primary N) is 1. The molecule has 2 nitrogen and oxygen atoms in total. The summed E-state index contributed by atoms with van der Waals surface area (Å²) in [5, 5.41) is 0. The summed E-state index contributed by atoms with van der Waals surface area (Å²) in [6.07, 6.45) is 5.27. The second kappa shape index (κ2) is 4.02. The molecule has 2 aliphatic carbocycles. The third kappa shape index (κ3) is 1.58. The molecule has 2 N–H and O–H groups in total. The van der Waals surface area contributed by atoms with Crippen molar-refractivity contribution < 1.29 is 4.74 Å². The monoisotopic (exact) mass is 231 g/mol. The Bertz CT molecular complexity index is 403. The number of fused-ring (bicyclic) bond motifs is 1. The Kier molecular flexibility index (Phi) is 2.62. The summed E-state index contributed by atoms with van der Waals surface area (Å²) in [4.78, 5) is 0. The molecule has 0 heterocycles. The third-order valence-electron chi connectivity index (χ3n) is 4.54. The molecule has 92 valence electrons. The van der Waals surface area contributed by atoms with E-state index in [0.717, 1.165) is 5.75 Å². The largest absolute Gasteiger partial charge is 0.494 e. The molecule has 1 aromatic carbocycles. The van der Waals surface area contributed by atoms with Crippen LogP contribution in [0.4, 0.5) is 0 Å². The molecule has 0 aliphatic heterocycles. The Balaban J connectivity index is 1.94. The fourth-order valence-corrected chi connectivity index (χ4v) is 3.68. The van der Waals surface area contributed by atoms with E-state index >= 15 is 0 Å². The van der Waals surface area contributed by atoms with Gasteiger partial charge in [-0.2, -0.15) is 0 Å². The summed E-state index contributed by atoms with van der Waals surface area (Å²) in [7, 11) is 0. The van der Waals surface area contributed by atoms with Gasteiger partial charge >= 0.3 is 0 Å². The molecular weight excluding hydrogens is 210 g/mol. The second-order valence-electron chi connectivity index (χ2n) is 5.36. The van der Waals surface area contributed by atoms with Crippen LogP contribution in [0.5, 0.6) is 5.75 Å². The van der Waals surface area contributed by atoms with E-state index in [1.807, 2.05) is 13.0 Å². The molecule has 0 radical (unpaired) electrons. The third-order valence-corrected chi connectivity index (χ3v) is 4.54. The van der Waals surface area contributed by atoms with Crippen molar-refractivity contribution in [1.82, 2.24) is 0 Å². The van der Waals surface area contributed by atoms with Crippen molar-refractivity contribution in [3.05, 3.63) is 29.8 Å². The van der Waals surface area contributed by atoms with Crippen LogP contribution in [0.3, 0.4) is 0 Å². The van der Waals surface area contributed by atoms with Crippen LogP contribution in [0.1, 0.15) is 38.2 Å². The minimum Gasteiger partial charge on any atom is -0.494 e. The Morgan fingerprint density at radius 1 is 1.24 bits per heavy atom. The Labute approximate surface area is 103 Å². The predicted octanol–water partition coefficient (Wildman–Crippen LogP) is 3.06. The molecule has 2 aliphatic rings. The van der Waals surface area contributed by atoms with Gasteiger partial charge in [-0.1, -0.05) is 31.0 Å². The molecule has 2 saturated carbocycles. The van der Waals surface area contributed by atoms with Gasteiger partial charge in [0.1, 0.15) is 5.75 Å². The van der Waals surface area contributed by atoms with Gasteiger partial charge < -0.3 is 10.5 Å². The summed E-state index contributed by atoms with van der Waals surface area (Å²) in [6.45, 7) is 2.74. The van der Waals surface area contributed by atoms with Crippen LogP contribution in [-0.2, 0) is 5.54 Å². The summed E-state index contributed by atoms with van der Waals surface area (Å²) in [6, 6.07) is 8.32. The Hall–Kier alpha value is -1.02. The molecule has 17 heavy (non-hydrogen) atoms. The van der Waals surface area contributed by atoms with Gasteiger partial charge in [0.05, 0.1) is 12.1 Å². The molecule has 2 unspecified atom stereocenters. The average molecular weight is 231 g/mol. The van der Waals surface area contributed by atoms with E-state index in [1.165, 1.54) is 31.2 Å². The van der Waals surface area contributed by atoms with E-state index in [9.17, 15) is 0 Å². The Morgan fingerprint density at radius 3 is 2.53 bits per heavy atom. The maximum Gasteiger partial charge on any atom is 0.124 e. The predicted molar refractivity (Wildman–Crippen MR) is 68.9 cm³/mol. The maximum absolute atomic E-state index is 6.67. The van der Waals surface area contributed by atoms with Crippen LogP contribution < -0.4 is 10.5 Å². The number of hydrogen-bond donors (Lipinski definition) is 1. The van der Waals surface area contributed by atoms with Crippen molar-refractivity contribution >= 4 is 0 Å². The van der Waals surface area contributed by atoms with Gasteiger partial charge in [-0.25, -0.2) is 0 Å². The lowest BCUT2D eigenvalue weighted by Crippen LogP contribution is -2.24. The minimum atomic E-state index is -0.0950. The van der Waals surface area contributed by atoms with Gasteiger partial charge in [-0.3, -0.25) is 0 Å². The molecule has 0 amide bonds. The summed E-state index contributed by atoms with van der Waals surface area (Å²) in [5.74, 6) is 2.38. The van der Waals surface area contributed by atoms with Gasteiger partial charge in [-0.15, -0.1) is 0 Å². The summed E-state index contributed by atoms with van der Waals surface area (Å²) in [5.41, 5.74) is 7.81. The highest BCUT2D eigenvalue weighted by Gasteiger charge is 2.63. The SMILES string of the molecule is CCOc1ccccc1C1(N)C2CCCCC21. The lowest BCUT2D eigenvalue weighted by Gasteiger charge is -2.17. The van der Waals surface area contributed by atoms with E-state index in [1.54, 1.807) is 0 Å². The average Bonchev–Trinajstić information content (AvgIpc) is 2.98. The van der Waals surface area contributed by atoms with Crippen LogP contribution in [0.15, 0.2) is 24.3 Å². The zero-order valence-corrected chi connectivity index (χ0v) is 10.5. The van der Waals surface area contributed by atoms with E-state index in [-0.39, 0.29) is 5.54 Å². The van der Waals surface area contributed by atoms with E-state index in [2.05, 4.69) is 18.2 Å². The van der Waals surface area contributed by atoms with Crippen LogP contribution in [0.2, 0.25) is 0 Å². The number of benzene rings is 1. The number of rotatable bonds is 3. The molecule has 0 saturated heterocycles. The van der Waals surface area contributed by atoms with E-state index in [4.69, 9.17) is 10.5 Å². The number of hydrogen-bond acceptors (Lipinski definition) is 2. The van der Waals surface area contributed by atoms with Gasteiger partial charge in [0.2, 0.25) is 0 Å². The standard InChI is InChI=1S/C15H21NO/c1-2-17-14-10-6-5-9-13(14)15(16)11-7-3-4-8-12(11)15/h5-6,9-12H,2-4,7-8,16H2,1H3. The molecule has 2 fully saturated rings. The van der Waals surface area contributed by atoms with Gasteiger partial charge in [0.15, 0.2) is 0 Å². The zero-order chi connectivity index (χ0) is 11.9. The lowest BCUT2D eigenvalue weighted by molar-refractivity contribution is 0.331. The maximum atomic E-state index is 6.67. The highest BCUT2D eigenvalue weighted by molar-refractivity contribution is 5.45. The summed E-state index contributed by atoms with van der Waals surface area (Å²) >= 11 is 0. The highest BCUT2D eigenvalue weighted by atomic mass is 16.5. The zero-order valence-electron chi connectivity index (χ0n) is 10.5. The first-order valence-electron chi connectivity index (χ1n) is 6.79. The van der Waals surface area contributed by atoms with Crippen LogP contribution >= 0.6 is 0 Å². The first-order valence-corrected chi connectivity index (χ1v) is 6.79. The van der Waals surface area contributed by atoms with Gasteiger partial charge in [0.25, 0.3) is 0 Å². The first kappa shape index (κ1) is 11.1. The topological polar surface area (TPSA) is 35.2 Å². The molecule has 2 atom stereocenters. The minimum absolute atomic E-state index is 0.0950. The van der Waals surface area contributed by atoms with Gasteiger partial charge in [-0.05, 0) is 37.7 Å². The highest BCUT2D eigenvalue weighted by Crippen LogP contribution is 2.64. The fourth-order valence-electron chi connectivity index (χ4n) is 3.68. The van der Waals surface area contributed by atoms with Crippen LogP contribution in [0.25, 0.3) is 0 Å². The van der Waals surface area contributed by atoms with E-state index < -0.39 is 0 Å². The van der Waals surface area contributed by atoms with Crippen molar-refractivity contribution in [1.29, 1.82) is 0 Å². The molecular formula is C15H21NO. The first-order chi connectivity index (χ1) is 8.28. The van der Waals surface area contributed by atoms with Gasteiger partial charge in [0, 0.05) is 5.56 Å². The van der Waals surface area contributed by atoms with E-state index in [0.29, 0.717) is 18.4 Å². The normalized spacial score (nSPS) is 35.2. The van der Waals surface area contributed by atoms with Crippen molar-refractivity contribution in [2.24, 2.45) is 17.6 Å². The van der Waals surface area contributed by atoms with Crippen molar-refractivity contribution in [2.75, 3.05) is 6.61 Å². The molecule has 0 aromatic heterocycles. The quantitative estimate of drug-likeness (QED) is 0.867. The second-order valence-corrected chi connectivity index (χ2v) is 5.36. The fraction of sp³-hybridized carbons (Fsp3) is 0.600.